The second-order valence-electron chi connectivity index (χ2n) is 4.23. The molecule has 2 rings (SSSR count). The van der Waals surface area contributed by atoms with Gasteiger partial charge in [-0.1, -0.05) is 6.58 Å². The van der Waals surface area contributed by atoms with Crippen LogP contribution < -0.4 is 10.4 Å². The normalized spacial score (nSPS) is 11.9. The molecule has 5 nitrogen and oxygen atoms in total. The standard InChI is InChI=1S/C15H14O5/c1-4-14(16)19-10(3)18-11-5-6-12-9(2)7-15(17)20-13(12)8-11/h4-8,10H,1H2,2-3H3. The van der Waals surface area contributed by atoms with Crippen LogP contribution in [-0.4, -0.2) is 12.3 Å². The van der Waals surface area contributed by atoms with Crippen molar-refractivity contribution in [1.82, 2.24) is 0 Å². The minimum Gasteiger partial charge on any atom is -0.455 e. The second-order valence-corrected chi connectivity index (χ2v) is 4.23. The SMILES string of the molecule is C=CC(=O)OC(C)Oc1ccc2c(C)cc(=O)oc2c1. The van der Waals surface area contributed by atoms with Crippen molar-refractivity contribution < 1.29 is 18.7 Å². The molecule has 0 aliphatic rings. The zero-order chi connectivity index (χ0) is 14.7. The Morgan fingerprint density at radius 1 is 1.40 bits per heavy atom. The molecule has 104 valence electrons. The highest BCUT2D eigenvalue weighted by atomic mass is 16.7. The molecule has 0 bridgehead atoms. The molecule has 0 saturated heterocycles. The summed E-state index contributed by atoms with van der Waals surface area (Å²) >= 11 is 0. The number of esters is 1. The Bertz CT molecular complexity index is 714. The first-order chi connectivity index (χ1) is 9.49. The summed E-state index contributed by atoms with van der Waals surface area (Å²) < 4.78 is 15.4. The van der Waals surface area contributed by atoms with Crippen LogP contribution in [-0.2, 0) is 9.53 Å². The van der Waals surface area contributed by atoms with Crippen molar-refractivity contribution in [2.75, 3.05) is 0 Å². The maximum atomic E-state index is 11.3. The fourth-order valence-electron chi connectivity index (χ4n) is 1.81. The van der Waals surface area contributed by atoms with Gasteiger partial charge in [-0.2, -0.15) is 0 Å². The number of hydrogen-bond acceptors (Lipinski definition) is 5. The predicted molar refractivity (Wildman–Crippen MR) is 73.6 cm³/mol. The molecule has 1 aromatic heterocycles. The number of carbonyl (C=O) groups is 1. The Balaban J connectivity index is 2.26. The van der Waals surface area contributed by atoms with Crippen molar-refractivity contribution >= 4 is 16.9 Å². The minimum absolute atomic E-state index is 0.418. The van der Waals surface area contributed by atoms with E-state index in [9.17, 15) is 9.59 Å². The number of fused-ring (bicyclic) bond motifs is 1. The summed E-state index contributed by atoms with van der Waals surface area (Å²) in [6.07, 6.45) is 0.289. The summed E-state index contributed by atoms with van der Waals surface area (Å²) in [7, 11) is 0. The average molecular weight is 274 g/mol. The monoisotopic (exact) mass is 274 g/mol. The van der Waals surface area contributed by atoms with E-state index in [-0.39, 0.29) is 0 Å². The fourth-order valence-corrected chi connectivity index (χ4v) is 1.81. The maximum Gasteiger partial charge on any atom is 0.336 e. The van der Waals surface area contributed by atoms with Gasteiger partial charge in [-0.15, -0.1) is 0 Å². The van der Waals surface area contributed by atoms with Crippen LogP contribution in [0, 0.1) is 6.92 Å². The van der Waals surface area contributed by atoms with Crippen molar-refractivity contribution in [3.63, 3.8) is 0 Å². The van der Waals surface area contributed by atoms with Crippen LogP contribution in [0.1, 0.15) is 12.5 Å². The molecule has 2 aromatic rings. The fraction of sp³-hybridized carbons (Fsp3) is 0.200. The first-order valence-corrected chi connectivity index (χ1v) is 6.04. The molecule has 1 heterocycles. The molecule has 5 heteroatoms. The number of ether oxygens (including phenoxy) is 2. The molecule has 0 aliphatic carbocycles. The molecular formula is C15H14O5. The van der Waals surface area contributed by atoms with Gasteiger partial charge in [0.15, 0.2) is 0 Å². The molecule has 0 fully saturated rings. The Labute approximate surface area is 115 Å². The van der Waals surface area contributed by atoms with Gasteiger partial charge >= 0.3 is 11.6 Å². The Morgan fingerprint density at radius 3 is 2.85 bits per heavy atom. The van der Waals surface area contributed by atoms with Gasteiger partial charge in [0.1, 0.15) is 11.3 Å². The Morgan fingerprint density at radius 2 is 2.15 bits per heavy atom. The summed E-state index contributed by atoms with van der Waals surface area (Å²) in [5.41, 5.74) is 0.835. The van der Waals surface area contributed by atoms with Crippen LogP contribution in [0.4, 0.5) is 0 Å². The van der Waals surface area contributed by atoms with E-state index in [2.05, 4.69) is 6.58 Å². The molecule has 0 amide bonds. The topological polar surface area (TPSA) is 65.7 Å². The summed E-state index contributed by atoms with van der Waals surface area (Å²) in [5.74, 6) is -0.128. The number of aryl methyl sites for hydroxylation is 1. The number of rotatable bonds is 4. The molecule has 20 heavy (non-hydrogen) atoms. The van der Waals surface area contributed by atoms with E-state index in [1.165, 1.54) is 6.07 Å². The van der Waals surface area contributed by atoms with Crippen molar-refractivity contribution in [1.29, 1.82) is 0 Å². The molecule has 1 aromatic carbocycles. The third-order valence-electron chi connectivity index (χ3n) is 2.67. The third-order valence-corrected chi connectivity index (χ3v) is 2.67. The lowest BCUT2D eigenvalue weighted by Gasteiger charge is -2.14. The van der Waals surface area contributed by atoms with Crippen molar-refractivity contribution in [3.8, 4) is 5.75 Å². The van der Waals surface area contributed by atoms with Crippen molar-refractivity contribution in [3.05, 3.63) is 52.9 Å². The van der Waals surface area contributed by atoms with Crippen molar-refractivity contribution in [2.24, 2.45) is 0 Å². The smallest absolute Gasteiger partial charge is 0.336 e. The molecule has 0 spiro atoms. The van der Waals surface area contributed by atoms with Gasteiger partial charge in [-0.05, 0) is 24.6 Å². The molecule has 1 unspecified atom stereocenters. The lowest BCUT2D eigenvalue weighted by atomic mass is 10.1. The van der Waals surface area contributed by atoms with Gasteiger partial charge < -0.3 is 13.9 Å². The molecule has 0 aliphatic heterocycles. The third kappa shape index (κ3) is 3.06. The van der Waals surface area contributed by atoms with Gasteiger partial charge in [0.25, 0.3) is 0 Å². The summed E-state index contributed by atoms with van der Waals surface area (Å²) in [6, 6.07) is 6.51. The zero-order valence-corrected chi connectivity index (χ0v) is 11.2. The summed E-state index contributed by atoms with van der Waals surface area (Å²) in [5, 5.41) is 0.827. The number of carbonyl (C=O) groups excluding carboxylic acids is 1. The van der Waals surface area contributed by atoms with Crippen LogP contribution in [0.25, 0.3) is 11.0 Å². The van der Waals surface area contributed by atoms with Gasteiger partial charge in [0.05, 0.1) is 0 Å². The highest BCUT2D eigenvalue weighted by Gasteiger charge is 2.09. The van der Waals surface area contributed by atoms with Gasteiger partial charge in [-0.3, -0.25) is 0 Å². The molecule has 0 saturated carbocycles. The second kappa shape index (κ2) is 5.61. The van der Waals surface area contributed by atoms with Gasteiger partial charge in [0.2, 0.25) is 6.29 Å². The van der Waals surface area contributed by atoms with Gasteiger partial charge in [-0.25, -0.2) is 9.59 Å². The quantitative estimate of drug-likeness (QED) is 0.371. The van der Waals surface area contributed by atoms with E-state index >= 15 is 0 Å². The number of benzene rings is 1. The minimum atomic E-state index is -0.769. The lowest BCUT2D eigenvalue weighted by Crippen LogP contribution is -2.19. The highest BCUT2D eigenvalue weighted by molar-refractivity contribution is 5.82. The van der Waals surface area contributed by atoms with Crippen LogP contribution in [0.15, 0.2) is 46.1 Å². The first-order valence-electron chi connectivity index (χ1n) is 6.04. The number of hydrogen-bond donors (Lipinski definition) is 0. The summed E-state index contributed by atoms with van der Waals surface area (Å²) in [4.78, 5) is 22.4. The Hall–Kier alpha value is -2.56. The van der Waals surface area contributed by atoms with Crippen molar-refractivity contribution in [2.45, 2.75) is 20.1 Å². The van der Waals surface area contributed by atoms with E-state index < -0.39 is 17.9 Å². The van der Waals surface area contributed by atoms with E-state index in [4.69, 9.17) is 13.9 Å². The highest BCUT2D eigenvalue weighted by Crippen LogP contribution is 2.23. The van der Waals surface area contributed by atoms with Crippen LogP contribution in [0.3, 0.4) is 0 Å². The summed E-state index contributed by atoms with van der Waals surface area (Å²) in [6.45, 7) is 6.71. The van der Waals surface area contributed by atoms with E-state index in [1.807, 2.05) is 6.92 Å². The molecule has 1 atom stereocenters. The predicted octanol–water partition coefficient (Wildman–Crippen LogP) is 2.56. The van der Waals surface area contributed by atoms with Gasteiger partial charge in [0, 0.05) is 30.5 Å². The largest absolute Gasteiger partial charge is 0.455 e. The zero-order valence-electron chi connectivity index (χ0n) is 11.2. The maximum absolute atomic E-state index is 11.3. The Kier molecular flexibility index (Phi) is 3.89. The van der Waals surface area contributed by atoms with Crippen LogP contribution in [0.2, 0.25) is 0 Å². The van der Waals surface area contributed by atoms with E-state index in [0.717, 1.165) is 17.0 Å². The average Bonchev–Trinajstić information content (AvgIpc) is 2.37. The first kappa shape index (κ1) is 13.9. The molecule has 0 N–H and O–H groups in total. The van der Waals surface area contributed by atoms with E-state index in [1.54, 1.807) is 25.1 Å². The van der Waals surface area contributed by atoms with Crippen LogP contribution in [0.5, 0.6) is 5.75 Å². The molecular weight excluding hydrogens is 260 g/mol. The lowest BCUT2D eigenvalue weighted by molar-refractivity contribution is -0.154. The van der Waals surface area contributed by atoms with Crippen LogP contribution >= 0.6 is 0 Å². The molecule has 0 radical (unpaired) electrons. The van der Waals surface area contributed by atoms with E-state index in [0.29, 0.717) is 11.3 Å².